The molecule has 0 bridgehead atoms. The first-order valence-electron chi connectivity index (χ1n) is 9.47. The van der Waals surface area contributed by atoms with E-state index in [1.54, 1.807) is 0 Å². The Morgan fingerprint density at radius 2 is 1.75 bits per heavy atom. The van der Waals surface area contributed by atoms with Gasteiger partial charge in [0.25, 0.3) is 5.92 Å². The van der Waals surface area contributed by atoms with Gasteiger partial charge in [0.2, 0.25) is 5.91 Å². The predicted molar refractivity (Wildman–Crippen MR) is 88.2 cm³/mol. The summed E-state index contributed by atoms with van der Waals surface area (Å²) < 4.78 is 32.5. The number of hydrogen-bond donors (Lipinski definition) is 0. The maximum absolute atomic E-state index is 13.2. The predicted octanol–water partition coefficient (Wildman–Crippen LogP) is 3.06. The number of unbranched alkanes of at least 4 members (excludes halogenated alkanes) is 1. The quantitative estimate of drug-likeness (QED) is 0.768. The third-order valence-corrected chi connectivity index (χ3v) is 5.84. The number of hydrogen-bond acceptors (Lipinski definition) is 3. The van der Waals surface area contributed by atoms with E-state index in [9.17, 15) is 13.6 Å². The maximum Gasteiger partial charge on any atom is 0.250 e. The normalized spacial score (nSPS) is 29.5. The Bertz CT molecular complexity index is 432. The van der Waals surface area contributed by atoms with Crippen LogP contribution < -0.4 is 0 Å². The van der Waals surface area contributed by atoms with Crippen LogP contribution in [0.15, 0.2) is 0 Å². The lowest BCUT2D eigenvalue weighted by Crippen LogP contribution is -2.60. The highest BCUT2D eigenvalue weighted by atomic mass is 19.3. The van der Waals surface area contributed by atoms with Crippen LogP contribution in [0.4, 0.5) is 8.78 Å². The molecule has 4 nitrogen and oxygen atoms in total. The molecular formula is C18H30F2N2O2. The zero-order valence-electron chi connectivity index (χ0n) is 14.7. The van der Waals surface area contributed by atoms with E-state index >= 15 is 0 Å². The Labute approximate surface area is 143 Å². The summed E-state index contributed by atoms with van der Waals surface area (Å²) >= 11 is 0. The van der Waals surface area contributed by atoms with Crippen molar-refractivity contribution in [3.63, 3.8) is 0 Å². The molecule has 6 heteroatoms. The van der Waals surface area contributed by atoms with Gasteiger partial charge in [0.05, 0.1) is 11.7 Å². The van der Waals surface area contributed by atoms with Crippen molar-refractivity contribution in [2.45, 2.75) is 75.9 Å². The Morgan fingerprint density at radius 1 is 1.12 bits per heavy atom. The Morgan fingerprint density at radius 3 is 2.33 bits per heavy atom. The van der Waals surface area contributed by atoms with E-state index in [1.165, 1.54) is 0 Å². The molecule has 0 N–H and O–H groups in total. The van der Waals surface area contributed by atoms with Gasteiger partial charge in [-0.05, 0) is 19.3 Å². The summed E-state index contributed by atoms with van der Waals surface area (Å²) in [6.07, 6.45) is 5.64. The molecule has 1 spiro atoms. The molecule has 1 unspecified atom stereocenters. The van der Waals surface area contributed by atoms with Crippen molar-refractivity contribution in [2.75, 3.05) is 32.7 Å². The maximum atomic E-state index is 13.2. The van der Waals surface area contributed by atoms with E-state index in [0.717, 1.165) is 51.7 Å². The third-order valence-electron chi connectivity index (χ3n) is 5.84. The third kappa shape index (κ3) is 4.26. The molecule has 3 heterocycles. The molecule has 0 aromatic heterocycles. The van der Waals surface area contributed by atoms with Crippen LogP contribution in [0.2, 0.25) is 0 Å². The number of nitrogens with zero attached hydrogens (tertiary/aromatic N) is 2. The van der Waals surface area contributed by atoms with Gasteiger partial charge in [-0.15, -0.1) is 0 Å². The molecule has 3 saturated heterocycles. The summed E-state index contributed by atoms with van der Waals surface area (Å²) in [6, 6.07) is 0. The average Bonchev–Trinajstić information content (AvgIpc) is 2.53. The lowest BCUT2D eigenvalue weighted by Gasteiger charge is -2.53. The van der Waals surface area contributed by atoms with Crippen LogP contribution in [0, 0.1) is 0 Å². The molecule has 0 aromatic carbocycles. The Kier molecular flexibility index (Phi) is 5.45. The highest BCUT2D eigenvalue weighted by Crippen LogP contribution is 2.42. The number of piperidine rings is 2. The van der Waals surface area contributed by atoms with E-state index in [4.69, 9.17) is 4.74 Å². The van der Waals surface area contributed by atoms with Crippen LogP contribution in [0.5, 0.6) is 0 Å². The molecule has 0 aliphatic carbocycles. The van der Waals surface area contributed by atoms with Crippen molar-refractivity contribution >= 4 is 5.91 Å². The second kappa shape index (κ2) is 7.24. The number of halogens is 2. The summed E-state index contributed by atoms with van der Waals surface area (Å²) in [5.41, 5.74) is -0.0497. The molecule has 24 heavy (non-hydrogen) atoms. The fraction of sp³-hybridized carbons (Fsp3) is 0.944. The molecule has 0 aromatic rings. The molecule has 3 aliphatic heterocycles. The van der Waals surface area contributed by atoms with Gasteiger partial charge in [0.15, 0.2) is 0 Å². The van der Waals surface area contributed by atoms with Gasteiger partial charge in [0, 0.05) is 58.4 Å². The molecule has 3 fully saturated rings. The minimum Gasteiger partial charge on any atom is -0.370 e. The van der Waals surface area contributed by atoms with E-state index in [0.29, 0.717) is 19.5 Å². The molecule has 0 saturated carbocycles. The van der Waals surface area contributed by atoms with Crippen molar-refractivity contribution in [3.05, 3.63) is 0 Å². The lowest BCUT2D eigenvalue weighted by atomic mass is 9.80. The van der Waals surface area contributed by atoms with Crippen LogP contribution in [-0.4, -0.2) is 66.1 Å². The van der Waals surface area contributed by atoms with Crippen LogP contribution >= 0.6 is 0 Å². The van der Waals surface area contributed by atoms with Gasteiger partial charge >= 0.3 is 0 Å². The summed E-state index contributed by atoms with van der Waals surface area (Å²) in [7, 11) is 0. The minimum absolute atomic E-state index is 0.0281. The van der Waals surface area contributed by atoms with E-state index < -0.39 is 5.92 Å². The van der Waals surface area contributed by atoms with Gasteiger partial charge < -0.3 is 14.5 Å². The van der Waals surface area contributed by atoms with Crippen molar-refractivity contribution in [3.8, 4) is 0 Å². The van der Waals surface area contributed by atoms with Crippen molar-refractivity contribution in [1.29, 1.82) is 0 Å². The number of alkyl halides is 2. The lowest BCUT2D eigenvalue weighted by molar-refractivity contribution is -0.231. The monoisotopic (exact) mass is 344 g/mol. The highest BCUT2D eigenvalue weighted by molar-refractivity contribution is 5.76. The summed E-state index contributed by atoms with van der Waals surface area (Å²) in [5.74, 6) is -2.20. The largest absolute Gasteiger partial charge is 0.370 e. The fourth-order valence-corrected chi connectivity index (χ4v) is 4.18. The van der Waals surface area contributed by atoms with Crippen molar-refractivity contribution < 1.29 is 18.3 Å². The first-order chi connectivity index (χ1) is 11.4. The topological polar surface area (TPSA) is 32.8 Å². The molecule has 0 radical (unpaired) electrons. The number of carbonyl (C=O) groups excluding carboxylic acids is 1. The number of amides is 1. The molecule has 3 aliphatic rings. The molecule has 3 rings (SSSR count). The SMILES string of the molecule is CCCCC(=O)N1CCC2(CC1)CC(CN1CCC(F)(F)CC1)O2. The van der Waals surface area contributed by atoms with Crippen LogP contribution in [0.1, 0.15) is 58.3 Å². The minimum atomic E-state index is -2.48. The van der Waals surface area contributed by atoms with Crippen LogP contribution in [-0.2, 0) is 9.53 Å². The summed E-state index contributed by atoms with van der Waals surface area (Å²) in [4.78, 5) is 16.2. The first-order valence-corrected chi connectivity index (χ1v) is 9.47. The average molecular weight is 344 g/mol. The number of carbonyl (C=O) groups is 1. The number of ether oxygens (including phenoxy) is 1. The standard InChI is InChI=1S/C18H30F2N2O2/c1-2-3-4-16(23)22-11-5-17(6-12-22)13-15(24-17)14-21-9-7-18(19,20)8-10-21/h15H,2-14H2,1H3. The molecule has 1 atom stereocenters. The molecular weight excluding hydrogens is 314 g/mol. The van der Waals surface area contributed by atoms with Gasteiger partial charge in [0.1, 0.15) is 0 Å². The van der Waals surface area contributed by atoms with Gasteiger partial charge in [-0.1, -0.05) is 13.3 Å². The van der Waals surface area contributed by atoms with Crippen LogP contribution in [0.3, 0.4) is 0 Å². The van der Waals surface area contributed by atoms with E-state index in [2.05, 4.69) is 11.8 Å². The molecule has 138 valence electrons. The van der Waals surface area contributed by atoms with Gasteiger partial charge in [-0.3, -0.25) is 4.79 Å². The van der Waals surface area contributed by atoms with Gasteiger partial charge in [-0.25, -0.2) is 8.78 Å². The summed E-state index contributed by atoms with van der Waals surface area (Å²) in [5, 5.41) is 0. The first kappa shape index (κ1) is 18.1. The molecule has 1 amide bonds. The van der Waals surface area contributed by atoms with Gasteiger partial charge in [-0.2, -0.15) is 0 Å². The van der Waals surface area contributed by atoms with E-state index in [-0.39, 0.29) is 30.5 Å². The van der Waals surface area contributed by atoms with Crippen molar-refractivity contribution in [2.24, 2.45) is 0 Å². The highest BCUT2D eigenvalue weighted by Gasteiger charge is 2.48. The second-order valence-electron chi connectivity index (χ2n) is 7.77. The fourth-order valence-electron chi connectivity index (χ4n) is 4.18. The number of rotatable bonds is 5. The zero-order valence-corrected chi connectivity index (χ0v) is 14.7. The summed E-state index contributed by atoms with van der Waals surface area (Å²) in [6.45, 7) is 5.41. The van der Waals surface area contributed by atoms with Crippen molar-refractivity contribution in [1.82, 2.24) is 9.80 Å². The smallest absolute Gasteiger partial charge is 0.250 e. The van der Waals surface area contributed by atoms with E-state index in [1.807, 2.05) is 4.90 Å². The number of likely N-dealkylation sites (tertiary alicyclic amines) is 2. The zero-order chi connectivity index (χ0) is 17.2. The van der Waals surface area contributed by atoms with Crippen LogP contribution in [0.25, 0.3) is 0 Å². The Hall–Kier alpha value is -0.750. The Balaban J connectivity index is 1.36. The second-order valence-corrected chi connectivity index (χ2v) is 7.77.